The standard InChI is InChI=1S/C12H17NO2.ClH/c1-2-5-11(6-3-1)14-7-4-8-15-12-9-13-10-12;/h1-3,5-6,12-13H,4,7-10H2;1H. The van der Waals surface area contributed by atoms with Crippen molar-refractivity contribution < 1.29 is 9.47 Å². The molecular weight excluding hydrogens is 226 g/mol. The van der Waals surface area contributed by atoms with E-state index in [0.717, 1.165) is 38.5 Å². The lowest BCUT2D eigenvalue weighted by atomic mass is 10.2. The summed E-state index contributed by atoms with van der Waals surface area (Å²) in [6.45, 7) is 3.52. The van der Waals surface area contributed by atoms with E-state index in [1.54, 1.807) is 0 Å². The zero-order valence-electron chi connectivity index (χ0n) is 9.22. The van der Waals surface area contributed by atoms with Gasteiger partial charge in [-0.05, 0) is 12.1 Å². The monoisotopic (exact) mass is 243 g/mol. The number of nitrogens with one attached hydrogen (secondary N) is 1. The lowest BCUT2D eigenvalue weighted by Crippen LogP contribution is -2.48. The number of para-hydroxylation sites is 1. The number of benzene rings is 1. The molecule has 0 bridgehead atoms. The Morgan fingerprint density at radius 3 is 2.50 bits per heavy atom. The summed E-state index contributed by atoms with van der Waals surface area (Å²) in [5.74, 6) is 0.933. The van der Waals surface area contributed by atoms with Gasteiger partial charge in [0, 0.05) is 19.5 Å². The van der Waals surface area contributed by atoms with E-state index in [4.69, 9.17) is 9.47 Å². The van der Waals surface area contributed by atoms with Gasteiger partial charge in [0.05, 0.1) is 19.3 Å². The molecule has 1 aliphatic heterocycles. The van der Waals surface area contributed by atoms with Gasteiger partial charge in [0.15, 0.2) is 0 Å². The van der Waals surface area contributed by atoms with E-state index in [9.17, 15) is 0 Å². The molecule has 3 nitrogen and oxygen atoms in total. The van der Waals surface area contributed by atoms with Gasteiger partial charge in [0.1, 0.15) is 5.75 Å². The SMILES string of the molecule is Cl.c1ccc(OCCCOC2CNC2)cc1. The van der Waals surface area contributed by atoms with Gasteiger partial charge in [-0.1, -0.05) is 18.2 Å². The molecule has 1 fully saturated rings. The van der Waals surface area contributed by atoms with Gasteiger partial charge in [0.2, 0.25) is 0 Å². The van der Waals surface area contributed by atoms with E-state index in [2.05, 4.69) is 5.32 Å². The maximum absolute atomic E-state index is 5.57. The van der Waals surface area contributed by atoms with Crippen LogP contribution in [0.15, 0.2) is 30.3 Å². The molecule has 1 aromatic carbocycles. The van der Waals surface area contributed by atoms with Crippen molar-refractivity contribution in [1.82, 2.24) is 5.32 Å². The molecule has 2 rings (SSSR count). The Labute approximate surface area is 103 Å². The van der Waals surface area contributed by atoms with E-state index in [-0.39, 0.29) is 12.4 Å². The molecule has 0 saturated carbocycles. The summed E-state index contributed by atoms with van der Waals surface area (Å²) in [4.78, 5) is 0. The van der Waals surface area contributed by atoms with Crippen molar-refractivity contribution in [2.24, 2.45) is 0 Å². The molecule has 0 spiro atoms. The molecule has 0 aliphatic carbocycles. The van der Waals surface area contributed by atoms with Crippen molar-refractivity contribution in [3.63, 3.8) is 0 Å². The number of rotatable bonds is 6. The Morgan fingerprint density at radius 1 is 1.12 bits per heavy atom. The smallest absolute Gasteiger partial charge is 0.119 e. The summed E-state index contributed by atoms with van der Waals surface area (Å²) in [6.07, 6.45) is 1.38. The van der Waals surface area contributed by atoms with Crippen LogP contribution in [0.25, 0.3) is 0 Å². The first-order valence-corrected chi connectivity index (χ1v) is 5.45. The zero-order chi connectivity index (χ0) is 10.3. The second-order valence-corrected chi connectivity index (χ2v) is 3.67. The highest BCUT2D eigenvalue weighted by Crippen LogP contribution is 2.08. The second-order valence-electron chi connectivity index (χ2n) is 3.67. The fourth-order valence-electron chi connectivity index (χ4n) is 1.40. The highest BCUT2D eigenvalue weighted by molar-refractivity contribution is 5.85. The van der Waals surface area contributed by atoms with E-state index in [0.29, 0.717) is 6.10 Å². The molecule has 0 radical (unpaired) electrons. The van der Waals surface area contributed by atoms with Gasteiger partial charge in [-0.2, -0.15) is 0 Å². The first kappa shape index (κ1) is 13.3. The number of ether oxygens (including phenoxy) is 2. The highest BCUT2D eigenvalue weighted by atomic mass is 35.5. The molecule has 1 aromatic rings. The maximum Gasteiger partial charge on any atom is 0.119 e. The van der Waals surface area contributed by atoms with Crippen LogP contribution in [0.3, 0.4) is 0 Å². The summed E-state index contributed by atoms with van der Waals surface area (Å²) in [5.41, 5.74) is 0. The molecule has 90 valence electrons. The Hall–Kier alpha value is -0.770. The molecule has 0 atom stereocenters. The van der Waals surface area contributed by atoms with Gasteiger partial charge in [-0.3, -0.25) is 0 Å². The third-order valence-corrected chi connectivity index (χ3v) is 2.40. The van der Waals surface area contributed by atoms with Crippen molar-refractivity contribution in [2.45, 2.75) is 12.5 Å². The molecule has 0 unspecified atom stereocenters. The Kier molecular flexibility index (Phi) is 6.23. The van der Waals surface area contributed by atoms with E-state index in [1.807, 2.05) is 30.3 Å². The second kappa shape index (κ2) is 7.49. The predicted molar refractivity (Wildman–Crippen MR) is 66.4 cm³/mol. The molecule has 16 heavy (non-hydrogen) atoms. The molecule has 1 N–H and O–H groups in total. The minimum atomic E-state index is 0. The summed E-state index contributed by atoms with van der Waals surface area (Å²) < 4.78 is 11.1. The third kappa shape index (κ3) is 4.39. The molecule has 1 saturated heterocycles. The third-order valence-electron chi connectivity index (χ3n) is 2.40. The number of hydrogen-bond donors (Lipinski definition) is 1. The fraction of sp³-hybridized carbons (Fsp3) is 0.500. The van der Waals surface area contributed by atoms with E-state index >= 15 is 0 Å². The predicted octanol–water partition coefficient (Wildman–Crippen LogP) is 1.87. The topological polar surface area (TPSA) is 30.5 Å². The molecule has 1 aliphatic rings. The van der Waals surface area contributed by atoms with Crippen LogP contribution in [-0.4, -0.2) is 32.4 Å². The quantitative estimate of drug-likeness (QED) is 0.774. The van der Waals surface area contributed by atoms with Gasteiger partial charge < -0.3 is 14.8 Å². The van der Waals surface area contributed by atoms with Crippen LogP contribution in [0.2, 0.25) is 0 Å². The minimum absolute atomic E-state index is 0. The van der Waals surface area contributed by atoms with Crippen LogP contribution in [-0.2, 0) is 4.74 Å². The van der Waals surface area contributed by atoms with Crippen molar-refractivity contribution >= 4 is 12.4 Å². The van der Waals surface area contributed by atoms with E-state index < -0.39 is 0 Å². The maximum atomic E-state index is 5.57. The van der Waals surface area contributed by atoms with Crippen molar-refractivity contribution in [3.8, 4) is 5.75 Å². The Morgan fingerprint density at radius 2 is 1.88 bits per heavy atom. The van der Waals surface area contributed by atoms with Crippen LogP contribution < -0.4 is 10.1 Å². The average molecular weight is 244 g/mol. The number of hydrogen-bond acceptors (Lipinski definition) is 3. The van der Waals surface area contributed by atoms with Gasteiger partial charge in [-0.15, -0.1) is 12.4 Å². The Bertz CT molecular complexity index is 278. The average Bonchev–Trinajstić information content (AvgIpc) is 2.22. The summed E-state index contributed by atoms with van der Waals surface area (Å²) >= 11 is 0. The van der Waals surface area contributed by atoms with Crippen molar-refractivity contribution in [3.05, 3.63) is 30.3 Å². The summed E-state index contributed by atoms with van der Waals surface area (Å²) in [6, 6.07) is 9.88. The molecule has 0 amide bonds. The molecule has 4 heteroatoms. The lowest BCUT2D eigenvalue weighted by Gasteiger charge is -2.27. The lowest BCUT2D eigenvalue weighted by molar-refractivity contribution is 0.0136. The normalized spacial score (nSPS) is 15.0. The minimum Gasteiger partial charge on any atom is -0.494 e. The van der Waals surface area contributed by atoms with Crippen molar-refractivity contribution in [2.75, 3.05) is 26.3 Å². The van der Waals surface area contributed by atoms with Crippen LogP contribution in [0, 0.1) is 0 Å². The van der Waals surface area contributed by atoms with Crippen LogP contribution >= 0.6 is 12.4 Å². The molecule has 0 aromatic heterocycles. The fourth-order valence-corrected chi connectivity index (χ4v) is 1.40. The van der Waals surface area contributed by atoms with Gasteiger partial charge in [0.25, 0.3) is 0 Å². The highest BCUT2D eigenvalue weighted by Gasteiger charge is 2.15. The van der Waals surface area contributed by atoms with Crippen LogP contribution in [0.5, 0.6) is 5.75 Å². The zero-order valence-corrected chi connectivity index (χ0v) is 10.0. The van der Waals surface area contributed by atoms with Crippen LogP contribution in [0.1, 0.15) is 6.42 Å². The molecule has 1 heterocycles. The van der Waals surface area contributed by atoms with Gasteiger partial charge >= 0.3 is 0 Å². The number of halogens is 1. The van der Waals surface area contributed by atoms with Crippen molar-refractivity contribution in [1.29, 1.82) is 0 Å². The first-order valence-electron chi connectivity index (χ1n) is 5.45. The molecular formula is C12H18ClNO2. The van der Waals surface area contributed by atoms with Crippen LogP contribution in [0.4, 0.5) is 0 Å². The Balaban J connectivity index is 0.00000128. The van der Waals surface area contributed by atoms with E-state index in [1.165, 1.54) is 0 Å². The summed E-state index contributed by atoms with van der Waals surface area (Å²) in [5, 5.41) is 3.17. The first-order chi connectivity index (χ1) is 7.45. The van der Waals surface area contributed by atoms with Gasteiger partial charge in [-0.25, -0.2) is 0 Å². The summed E-state index contributed by atoms with van der Waals surface area (Å²) in [7, 11) is 0. The largest absolute Gasteiger partial charge is 0.494 e.